The van der Waals surface area contributed by atoms with Crippen LogP contribution < -0.4 is 9.88 Å². The van der Waals surface area contributed by atoms with Crippen LogP contribution in [0.15, 0.2) is 59.3 Å². The molecule has 3 aromatic rings. The van der Waals surface area contributed by atoms with Crippen LogP contribution in [0.1, 0.15) is 25.8 Å². The van der Waals surface area contributed by atoms with Crippen molar-refractivity contribution >= 4 is 17.1 Å². The molecule has 2 N–H and O–H groups in total. The summed E-state index contributed by atoms with van der Waals surface area (Å²) in [5.74, 6) is 0.120. The molecule has 0 aliphatic rings. The molecule has 1 aromatic carbocycles. The molecule has 3 rings (SSSR count). The first-order valence-electron chi connectivity index (χ1n) is 9.80. The Bertz CT molecular complexity index is 940. The number of hydrogen-bond acceptors (Lipinski definition) is 4. The van der Waals surface area contributed by atoms with Crippen molar-refractivity contribution in [1.82, 2.24) is 9.36 Å². The zero-order chi connectivity index (χ0) is 19.9. The normalized spacial score (nSPS) is 11.4. The molecule has 0 aliphatic heterocycles. The number of hydrogen-bond donors (Lipinski definition) is 2. The zero-order valence-corrected chi connectivity index (χ0v) is 16.8. The highest BCUT2D eigenvalue weighted by Gasteiger charge is 2.08. The Morgan fingerprint density at radius 1 is 1.11 bits per heavy atom. The highest BCUT2D eigenvalue weighted by molar-refractivity contribution is 5.64. The van der Waals surface area contributed by atoms with Gasteiger partial charge in [0.05, 0.1) is 6.54 Å². The van der Waals surface area contributed by atoms with E-state index in [2.05, 4.69) is 48.8 Å². The summed E-state index contributed by atoms with van der Waals surface area (Å²) in [5, 5.41) is 22.0. The molecule has 28 heavy (non-hydrogen) atoms. The fraction of sp³-hybridized carbons (Fsp3) is 0.381. The summed E-state index contributed by atoms with van der Waals surface area (Å²) in [6.45, 7) is 9.80. The van der Waals surface area contributed by atoms with Crippen molar-refractivity contribution in [3.63, 3.8) is 0 Å². The summed E-state index contributed by atoms with van der Waals surface area (Å²) >= 11 is 0. The topological polar surface area (TPSA) is 70.7 Å². The molecule has 0 amide bonds. The van der Waals surface area contributed by atoms with Gasteiger partial charge in [-0.2, -0.15) is 0 Å². The molecule has 0 radical (unpaired) electrons. The molecule has 7 heteroatoms. The number of nitrogens with one attached hydrogen (secondary N) is 1. The van der Waals surface area contributed by atoms with E-state index >= 15 is 0 Å². The highest BCUT2D eigenvalue weighted by Crippen LogP contribution is 2.33. The van der Waals surface area contributed by atoms with Gasteiger partial charge in [0.1, 0.15) is 17.1 Å². The molecule has 148 valence electrons. The summed E-state index contributed by atoms with van der Waals surface area (Å²) in [5.41, 5.74) is 3.15. The van der Waals surface area contributed by atoms with Crippen molar-refractivity contribution in [2.24, 2.45) is 10.2 Å². The second kappa shape index (κ2) is 9.21. The molecular weight excluding hydrogens is 352 g/mol. The minimum atomic E-state index is 0.120. The van der Waals surface area contributed by atoms with Gasteiger partial charge in [0.2, 0.25) is 0 Å². The van der Waals surface area contributed by atoms with Crippen LogP contribution in [0.5, 0.6) is 5.75 Å². The lowest BCUT2D eigenvalue weighted by molar-refractivity contribution is -0.697. The number of aromatic hydroxyl groups is 1. The van der Waals surface area contributed by atoms with Gasteiger partial charge in [-0.25, -0.2) is 4.57 Å². The molecule has 0 spiro atoms. The maximum Gasteiger partial charge on any atom is 0.196 e. The number of pyridine rings is 1. The van der Waals surface area contributed by atoms with Crippen molar-refractivity contribution in [1.29, 1.82) is 0 Å². The first-order valence-corrected chi connectivity index (χ1v) is 9.80. The lowest BCUT2D eigenvalue weighted by Crippen LogP contribution is -2.36. The van der Waals surface area contributed by atoms with Gasteiger partial charge in [-0.15, -0.1) is 10.2 Å². The van der Waals surface area contributed by atoms with Crippen LogP contribution >= 0.6 is 0 Å². The number of rotatable bonds is 9. The van der Waals surface area contributed by atoms with Gasteiger partial charge in [0.15, 0.2) is 18.9 Å². The molecule has 0 fully saturated rings. The van der Waals surface area contributed by atoms with E-state index in [1.54, 1.807) is 6.07 Å². The van der Waals surface area contributed by atoms with Crippen molar-refractivity contribution < 1.29 is 9.67 Å². The summed E-state index contributed by atoms with van der Waals surface area (Å²) in [6.07, 6.45) is 9.33. The smallest absolute Gasteiger partial charge is 0.196 e. The van der Waals surface area contributed by atoms with Crippen LogP contribution in [-0.4, -0.2) is 21.0 Å². The van der Waals surface area contributed by atoms with E-state index in [1.165, 1.54) is 0 Å². The van der Waals surface area contributed by atoms with Crippen molar-refractivity contribution in [3.05, 3.63) is 54.6 Å². The third kappa shape index (κ3) is 4.79. The van der Waals surface area contributed by atoms with Crippen LogP contribution in [0.25, 0.3) is 0 Å². The summed E-state index contributed by atoms with van der Waals surface area (Å²) in [4.78, 5) is 0. The predicted molar refractivity (Wildman–Crippen MR) is 111 cm³/mol. The molecule has 7 nitrogen and oxygen atoms in total. The Kier molecular flexibility index (Phi) is 6.47. The molecule has 2 heterocycles. The van der Waals surface area contributed by atoms with E-state index in [9.17, 15) is 5.11 Å². The second-order valence-corrected chi connectivity index (χ2v) is 6.81. The van der Waals surface area contributed by atoms with Crippen molar-refractivity contribution in [2.45, 2.75) is 46.8 Å². The Morgan fingerprint density at radius 2 is 1.89 bits per heavy atom. The maximum atomic E-state index is 10.2. The predicted octanol–water partition coefficient (Wildman–Crippen LogP) is 4.55. The van der Waals surface area contributed by atoms with E-state index in [0.29, 0.717) is 5.69 Å². The Labute approximate surface area is 165 Å². The van der Waals surface area contributed by atoms with E-state index < -0.39 is 0 Å². The fourth-order valence-corrected chi connectivity index (χ4v) is 3.07. The quantitative estimate of drug-likeness (QED) is 0.422. The Morgan fingerprint density at radius 3 is 2.61 bits per heavy atom. The van der Waals surface area contributed by atoms with Crippen LogP contribution in [-0.2, 0) is 19.6 Å². The molecule has 0 atom stereocenters. The first-order chi connectivity index (χ1) is 13.6. The summed E-state index contributed by atoms with van der Waals surface area (Å²) in [7, 11) is 0. The van der Waals surface area contributed by atoms with Crippen molar-refractivity contribution in [2.75, 3.05) is 11.9 Å². The fourth-order valence-electron chi connectivity index (χ4n) is 3.07. The third-order valence-electron chi connectivity index (χ3n) is 4.59. The minimum Gasteiger partial charge on any atom is -0.506 e. The van der Waals surface area contributed by atoms with E-state index in [0.717, 1.165) is 49.5 Å². The molecule has 2 aromatic heterocycles. The monoisotopic (exact) mass is 381 g/mol. The number of aryl methyl sites for hydroxylation is 4. The molecule has 0 bridgehead atoms. The summed E-state index contributed by atoms with van der Waals surface area (Å²) in [6, 6.07) is 7.40. The number of phenolic OH excluding ortho intramolecular Hbond substituents is 1. The SMILES string of the molecule is CCCn1ccn1CC[n+]1cccc(N=Nc2cc(C)c(NCC)cc2O)c1. The molecule has 0 unspecified atom stereocenters. The second-order valence-electron chi connectivity index (χ2n) is 6.81. The maximum absolute atomic E-state index is 10.2. The zero-order valence-electron chi connectivity index (χ0n) is 16.8. The minimum absolute atomic E-state index is 0.120. The lowest BCUT2D eigenvalue weighted by Gasteiger charge is -2.19. The standard InChI is InChI=1S/C21H28N6O/c1-4-8-26-12-13-27(26)11-10-25-9-6-7-18(16-25)23-24-20-14-17(3)19(22-5-2)15-21(20)28/h6-7,9,12-16H,4-5,8,10-11H2,1-3H3,(H-,22,23,28)/p+1. The van der Waals surface area contributed by atoms with E-state index in [1.807, 2.05) is 44.4 Å². The first kappa shape index (κ1) is 19.7. The average molecular weight is 382 g/mol. The Hall–Kier alpha value is -3.09. The summed E-state index contributed by atoms with van der Waals surface area (Å²) < 4.78 is 6.55. The van der Waals surface area contributed by atoms with Gasteiger partial charge >= 0.3 is 0 Å². The molecule has 0 aliphatic carbocycles. The van der Waals surface area contributed by atoms with Gasteiger partial charge in [-0.05, 0) is 38.0 Å². The van der Waals surface area contributed by atoms with Crippen LogP contribution in [0.2, 0.25) is 0 Å². The van der Waals surface area contributed by atoms with Gasteiger partial charge in [0.25, 0.3) is 0 Å². The van der Waals surface area contributed by atoms with Crippen LogP contribution in [0.4, 0.5) is 17.1 Å². The number of nitrogens with zero attached hydrogens (tertiary/aromatic N) is 5. The number of phenols is 1. The molecular formula is C21H29N6O+. The van der Waals surface area contributed by atoms with E-state index in [-0.39, 0.29) is 5.75 Å². The van der Waals surface area contributed by atoms with Gasteiger partial charge in [-0.1, -0.05) is 6.92 Å². The number of aromatic nitrogens is 3. The van der Waals surface area contributed by atoms with Crippen LogP contribution in [0, 0.1) is 6.92 Å². The van der Waals surface area contributed by atoms with Crippen molar-refractivity contribution in [3.8, 4) is 5.75 Å². The average Bonchev–Trinajstić information content (AvgIpc) is 2.67. The largest absolute Gasteiger partial charge is 0.506 e. The number of anilines is 1. The van der Waals surface area contributed by atoms with Gasteiger partial charge in [-0.3, -0.25) is 9.36 Å². The van der Waals surface area contributed by atoms with Crippen LogP contribution in [0.3, 0.4) is 0 Å². The molecule has 0 saturated carbocycles. The third-order valence-corrected chi connectivity index (χ3v) is 4.59. The molecule has 0 saturated heterocycles. The highest BCUT2D eigenvalue weighted by atomic mass is 16.3. The van der Waals surface area contributed by atoms with Gasteiger partial charge < -0.3 is 10.4 Å². The number of benzene rings is 1. The number of azo groups is 1. The van der Waals surface area contributed by atoms with E-state index in [4.69, 9.17) is 0 Å². The Balaban J connectivity index is 1.67. The van der Waals surface area contributed by atoms with Gasteiger partial charge in [0, 0.05) is 43.3 Å². The lowest BCUT2D eigenvalue weighted by atomic mass is 10.1.